The van der Waals surface area contributed by atoms with Gasteiger partial charge in [0.15, 0.2) is 6.61 Å². The van der Waals surface area contributed by atoms with Gasteiger partial charge in [-0.2, -0.15) is 0 Å². The summed E-state index contributed by atoms with van der Waals surface area (Å²) in [7, 11) is 0. The van der Waals surface area contributed by atoms with Crippen molar-refractivity contribution >= 4 is 33.6 Å². The van der Waals surface area contributed by atoms with Crippen molar-refractivity contribution in [2.24, 2.45) is 0 Å². The van der Waals surface area contributed by atoms with Crippen molar-refractivity contribution in [1.29, 1.82) is 0 Å². The van der Waals surface area contributed by atoms with Crippen LogP contribution in [0.15, 0.2) is 38.4 Å². The number of nitrogens with zero attached hydrogens (tertiary/aromatic N) is 2. The molecule has 0 radical (unpaired) electrons. The van der Waals surface area contributed by atoms with Crippen molar-refractivity contribution in [2.75, 3.05) is 5.75 Å². The van der Waals surface area contributed by atoms with Crippen LogP contribution in [-0.4, -0.2) is 27.9 Å². The number of hydrogen-bond acceptors (Lipinski definition) is 6. The van der Waals surface area contributed by atoms with Gasteiger partial charge < -0.3 is 14.5 Å². The summed E-state index contributed by atoms with van der Waals surface area (Å²) < 4.78 is 12.0. The third-order valence-corrected chi connectivity index (χ3v) is 4.32. The molecule has 1 atom stereocenters. The van der Waals surface area contributed by atoms with E-state index in [1.807, 2.05) is 38.1 Å². The SMILES string of the molecule is CCC(C)NC(=O)CSc1nnc(COc2ccc(Br)cc2)o1. The van der Waals surface area contributed by atoms with Crippen LogP contribution in [0.5, 0.6) is 5.75 Å². The van der Waals surface area contributed by atoms with Crippen molar-refractivity contribution in [2.45, 2.75) is 38.1 Å². The van der Waals surface area contributed by atoms with E-state index in [-0.39, 0.29) is 24.3 Å². The van der Waals surface area contributed by atoms with Gasteiger partial charge in [-0.15, -0.1) is 10.2 Å². The van der Waals surface area contributed by atoms with Crippen LogP contribution in [0.2, 0.25) is 0 Å². The Morgan fingerprint density at radius 1 is 1.39 bits per heavy atom. The van der Waals surface area contributed by atoms with Gasteiger partial charge in [0.1, 0.15) is 5.75 Å². The minimum Gasteiger partial charge on any atom is -0.484 e. The maximum Gasteiger partial charge on any atom is 0.277 e. The molecule has 0 saturated heterocycles. The van der Waals surface area contributed by atoms with Crippen LogP contribution in [0, 0.1) is 0 Å². The smallest absolute Gasteiger partial charge is 0.277 e. The quantitative estimate of drug-likeness (QED) is 0.685. The second-order valence-electron chi connectivity index (χ2n) is 4.87. The number of thioether (sulfide) groups is 1. The molecule has 0 saturated carbocycles. The maximum absolute atomic E-state index is 11.7. The van der Waals surface area contributed by atoms with Crippen LogP contribution in [0.4, 0.5) is 0 Å². The average Bonchev–Trinajstić information content (AvgIpc) is 3.00. The van der Waals surface area contributed by atoms with Gasteiger partial charge in [0.25, 0.3) is 11.1 Å². The summed E-state index contributed by atoms with van der Waals surface area (Å²) in [6.45, 7) is 4.18. The van der Waals surface area contributed by atoms with E-state index in [4.69, 9.17) is 9.15 Å². The predicted molar refractivity (Wildman–Crippen MR) is 91.4 cm³/mol. The Bertz CT molecular complexity index is 633. The molecule has 23 heavy (non-hydrogen) atoms. The Morgan fingerprint density at radius 2 is 2.13 bits per heavy atom. The number of benzene rings is 1. The van der Waals surface area contributed by atoms with E-state index in [1.54, 1.807) is 0 Å². The molecule has 1 aromatic carbocycles. The molecule has 0 fully saturated rings. The molecule has 2 rings (SSSR count). The Balaban J connectivity index is 1.77. The van der Waals surface area contributed by atoms with Gasteiger partial charge in [0.2, 0.25) is 5.91 Å². The lowest BCUT2D eigenvalue weighted by molar-refractivity contribution is -0.119. The molecule has 124 valence electrons. The van der Waals surface area contributed by atoms with Gasteiger partial charge in [-0.3, -0.25) is 4.79 Å². The number of rotatable bonds is 8. The summed E-state index contributed by atoms with van der Waals surface area (Å²) in [4.78, 5) is 11.7. The van der Waals surface area contributed by atoms with Gasteiger partial charge >= 0.3 is 0 Å². The zero-order valence-electron chi connectivity index (χ0n) is 12.9. The molecular weight excluding hydrogens is 382 g/mol. The van der Waals surface area contributed by atoms with E-state index >= 15 is 0 Å². The second kappa shape index (κ2) is 8.93. The summed E-state index contributed by atoms with van der Waals surface area (Å²) in [5.41, 5.74) is 0. The number of carbonyl (C=O) groups is 1. The number of nitrogens with one attached hydrogen (secondary N) is 1. The fourth-order valence-corrected chi connectivity index (χ4v) is 2.43. The fourth-order valence-electron chi connectivity index (χ4n) is 1.58. The van der Waals surface area contributed by atoms with E-state index in [0.717, 1.165) is 10.9 Å². The first-order valence-corrected chi connectivity index (χ1v) is 8.97. The normalized spacial score (nSPS) is 12.0. The van der Waals surface area contributed by atoms with Crippen LogP contribution in [0.3, 0.4) is 0 Å². The third-order valence-electron chi connectivity index (χ3n) is 2.97. The Morgan fingerprint density at radius 3 is 2.83 bits per heavy atom. The summed E-state index contributed by atoms with van der Waals surface area (Å²) in [6.07, 6.45) is 0.897. The summed E-state index contributed by atoms with van der Waals surface area (Å²) in [5, 5.41) is 11.0. The lowest BCUT2D eigenvalue weighted by Gasteiger charge is -2.09. The van der Waals surface area contributed by atoms with Crippen molar-refractivity contribution in [3.05, 3.63) is 34.6 Å². The van der Waals surface area contributed by atoms with Crippen molar-refractivity contribution in [3.8, 4) is 5.75 Å². The molecule has 6 nitrogen and oxygen atoms in total. The molecule has 0 aliphatic rings. The second-order valence-corrected chi connectivity index (χ2v) is 6.71. The fraction of sp³-hybridized carbons (Fsp3) is 0.400. The minimum absolute atomic E-state index is 0.0461. The molecule has 2 aromatic rings. The lowest BCUT2D eigenvalue weighted by atomic mass is 10.3. The van der Waals surface area contributed by atoms with E-state index in [9.17, 15) is 4.79 Å². The lowest BCUT2D eigenvalue weighted by Crippen LogP contribution is -2.33. The van der Waals surface area contributed by atoms with Gasteiger partial charge in [-0.05, 0) is 37.6 Å². The molecule has 0 aliphatic carbocycles. The largest absolute Gasteiger partial charge is 0.484 e. The zero-order chi connectivity index (χ0) is 16.7. The topological polar surface area (TPSA) is 77.2 Å². The van der Waals surface area contributed by atoms with Gasteiger partial charge in [-0.1, -0.05) is 34.6 Å². The number of halogens is 1. The standard InChI is InChI=1S/C15H18BrN3O3S/c1-3-10(2)17-13(20)9-23-15-19-18-14(22-15)8-21-12-6-4-11(16)5-7-12/h4-7,10H,3,8-9H2,1-2H3,(H,17,20). The first-order valence-electron chi connectivity index (χ1n) is 7.19. The highest BCUT2D eigenvalue weighted by Gasteiger charge is 2.11. The number of amides is 1. The van der Waals surface area contributed by atoms with Crippen molar-refractivity contribution in [3.63, 3.8) is 0 Å². The minimum atomic E-state index is -0.0461. The van der Waals surface area contributed by atoms with E-state index < -0.39 is 0 Å². The maximum atomic E-state index is 11.7. The molecule has 8 heteroatoms. The third kappa shape index (κ3) is 6.23. The van der Waals surface area contributed by atoms with E-state index in [1.165, 1.54) is 11.8 Å². The first-order chi connectivity index (χ1) is 11.1. The number of hydrogen-bond donors (Lipinski definition) is 1. The van der Waals surface area contributed by atoms with Crippen molar-refractivity contribution < 1.29 is 13.9 Å². The van der Waals surface area contributed by atoms with Crippen LogP contribution >= 0.6 is 27.7 Å². The molecule has 1 aromatic heterocycles. The predicted octanol–water partition coefficient (Wildman–Crippen LogP) is 3.42. The molecule has 0 aliphatic heterocycles. The number of carbonyl (C=O) groups excluding carboxylic acids is 1. The highest BCUT2D eigenvalue weighted by molar-refractivity contribution is 9.10. The molecule has 1 amide bonds. The molecule has 1 heterocycles. The summed E-state index contributed by atoms with van der Waals surface area (Å²) in [5.74, 6) is 1.29. The van der Waals surface area contributed by atoms with Crippen LogP contribution < -0.4 is 10.1 Å². The monoisotopic (exact) mass is 399 g/mol. The Labute approximate surface area is 147 Å². The molecule has 0 spiro atoms. The van der Waals surface area contributed by atoms with Crippen molar-refractivity contribution in [1.82, 2.24) is 15.5 Å². The summed E-state index contributed by atoms with van der Waals surface area (Å²) >= 11 is 4.57. The molecule has 1 N–H and O–H groups in total. The van der Waals surface area contributed by atoms with Gasteiger partial charge in [0, 0.05) is 10.5 Å². The Hall–Kier alpha value is -1.54. The van der Waals surface area contributed by atoms with Crippen LogP contribution in [0.25, 0.3) is 0 Å². The molecule has 0 bridgehead atoms. The molecular formula is C15H18BrN3O3S. The highest BCUT2D eigenvalue weighted by Crippen LogP contribution is 2.19. The average molecular weight is 400 g/mol. The zero-order valence-corrected chi connectivity index (χ0v) is 15.3. The van der Waals surface area contributed by atoms with Gasteiger partial charge in [-0.25, -0.2) is 0 Å². The summed E-state index contributed by atoms with van der Waals surface area (Å²) in [6, 6.07) is 7.63. The van der Waals surface area contributed by atoms with Crippen LogP contribution in [0.1, 0.15) is 26.2 Å². The van der Waals surface area contributed by atoms with Gasteiger partial charge in [0.05, 0.1) is 5.75 Å². The van der Waals surface area contributed by atoms with E-state index in [2.05, 4.69) is 31.4 Å². The highest BCUT2D eigenvalue weighted by atomic mass is 79.9. The van der Waals surface area contributed by atoms with Crippen LogP contribution in [-0.2, 0) is 11.4 Å². The molecule has 1 unspecified atom stereocenters. The number of ether oxygens (including phenoxy) is 1. The first kappa shape index (κ1) is 17.8. The number of aromatic nitrogens is 2. The van der Waals surface area contributed by atoms with E-state index in [0.29, 0.717) is 16.9 Å². The Kier molecular flexibility index (Phi) is 6.91.